The number of aromatic nitrogens is 3. The maximum Gasteiger partial charge on any atom is 0.325 e. The first kappa shape index (κ1) is 23.8. The molecule has 3 aromatic carbocycles. The number of rotatable bonds is 9. The molecule has 186 valence electrons. The van der Waals surface area contributed by atoms with Crippen LogP contribution in [0.25, 0.3) is 16.4 Å². The van der Waals surface area contributed by atoms with Crippen molar-refractivity contribution in [1.82, 2.24) is 19.9 Å². The third-order valence-electron chi connectivity index (χ3n) is 5.58. The first-order valence-electron chi connectivity index (χ1n) is 11.8. The average Bonchev–Trinajstić information content (AvgIpc) is 3.41. The number of carbonyl (C=O) groups excluding carboxylic acids is 2. The zero-order valence-corrected chi connectivity index (χ0v) is 20.1. The zero-order chi connectivity index (χ0) is 25.6. The Balaban J connectivity index is 1.65. The Kier molecular flexibility index (Phi) is 6.93. The fourth-order valence-electron chi connectivity index (χ4n) is 3.97. The van der Waals surface area contributed by atoms with E-state index >= 15 is 0 Å². The molecule has 37 heavy (non-hydrogen) atoms. The normalized spacial score (nSPS) is 10.8. The van der Waals surface area contributed by atoms with Gasteiger partial charge in [-0.2, -0.15) is 5.10 Å². The Morgan fingerprint density at radius 2 is 1.70 bits per heavy atom. The Labute approximate surface area is 212 Å². The standard InChI is InChI=1S/C28H24N4O5/c1-2-35-23(33)16-29-28(34)25-26(36-17-19-10-5-3-6-11-19)21-14-9-15-22(37-20-12-7-4-8-13-20)24(21)27-30-18-31-32(25)27/h3-15,18H,2,16-17H2,1H3,(H,29,34). The molecule has 0 bridgehead atoms. The van der Waals surface area contributed by atoms with E-state index in [1.54, 1.807) is 6.92 Å². The van der Waals surface area contributed by atoms with E-state index in [0.717, 1.165) is 5.56 Å². The summed E-state index contributed by atoms with van der Waals surface area (Å²) < 4.78 is 18.8. The lowest BCUT2D eigenvalue weighted by Crippen LogP contribution is -2.32. The van der Waals surface area contributed by atoms with Crippen LogP contribution in [0.3, 0.4) is 0 Å². The number of ether oxygens (including phenoxy) is 3. The molecule has 2 heterocycles. The molecule has 2 aromatic heterocycles. The highest BCUT2D eigenvalue weighted by atomic mass is 16.5. The molecular weight excluding hydrogens is 472 g/mol. The van der Waals surface area contributed by atoms with Gasteiger partial charge in [0, 0.05) is 5.39 Å². The number of carbonyl (C=O) groups is 2. The van der Waals surface area contributed by atoms with Gasteiger partial charge in [0.2, 0.25) is 0 Å². The summed E-state index contributed by atoms with van der Waals surface area (Å²) in [4.78, 5) is 29.7. The number of esters is 1. The molecule has 0 aliphatic carbocycles. The number of nitrogens with zero attached hydrogens (tertiary/aromatic N) is 3. The molecule has 5 aromatic rings. The number of para-hydroxylation sites is 1. The second kappa shape index (κ2) is 10.8. The summed E-state index contributed by atoms with van der Waals surface area (Å²) >= 11 is 0. The van der Waals surface area contributed by atoms with Crippen molar-refractivity contribution in [1.29, 1.82) is 0 Å². The first-order valence-corrected chi connectivity index (χ1v) is 11.8. The molecule has 5 rings (SSSR count). The fourth-order valence-corrected chi connectivity index (χ4v) is 3.97. The number of fused-ring (bicyclic) bond motifs is 3. The summed E-state index contributed by atoms with van der Waals surface area (Å²) in [7, 11) is 0. The topological polar surface area (TPSA) is 104 Å². The van der Waals surface area contributed by atoms with Gasteiger partial charge >= 0.3 is 5.97 Å². The van der Waals surface area contributed by atoms with Crippen LogP contribution in [-0.4, -0.2) is 39.6 Å². The Morgan fingerprint density at radius 1 is 0.946 bits per heavy atom. The van der Waals surface area contributed by atoms with Crippen LogP contribution < -0.4 is 14.8 Å². The van der Waals surface area contributed by atoms with Gasteiger partial charge in [-0.1, -0.05) is 60.7 Å². The maximum absolute atomic E-state index is 13.4. The Morgan fingerprint density at radius 3 is 2.46 bits per heavy atom. The van der Waals surface area contributed by atoms with Gasteiger partial charge in [0.15, 0.2) is 17.1 Å². The number of pyridine rings is 1. The van der Waals surface area contributed by atoms with Crippen LogP contribution in [0, 0.1) is 0 Å². The van der Waals surface area contributed by atoms with Gasteiger partial charge in [0.1, 0.15) is 31.0 Å². The van der Waals surface area contributed by atoms with Crippen LogP contribution in [0.4, 0.5) is 0 Å². The van der Waals surface area contributed by atoms with Crippen molar-refractivity contribution < 1.29 is 23.8 Å². The van der Waals surface area contributed by atoms with Crippen molar-refractivity contribution in [3.63, 3.8) is 0 Å². The molecule has 0 fully saturated rings. The number of hydrogen-bond acceptors (Lipinski definition) is 7. The zero-order valence-electron chi connectivity index (χ0n) is 20.1. The molecule has 0 aliphatic heterocycles. The molecule has 1 amide bonds. The van der Waals surface area contributed by atoms with Gasteiger partial charge in [-0.15, -0.1) is 0 Å². The van der Waals surface area contributed by atoms with Crippen molar-refractivity contribution in [2.24, 2.45) is 0 Å². The maximum atomic E-state index is 13.4. The minimum absolute atomic E-state index is 0.108. The van der Waals surface area contributed by atoms with Crippen molar-refractivity contribution >= 4 is 28.3 Å². The van der Waals surface area contributed by atoms with Gasteiger partial charge < -0.3 is 19.5 Å². The molecule has 9 heteroatoms. The molecule has 0 saturated carbocycles. The van der Waals surface area contributed by atoms with Crippen molar-refractivity contribution in [3.8, 4) is 17.2 Å². The van der Waals surface area contributed by atoms with E-state index in [1.807, 2.05) is 78.9 Å². The third kappa shape index (κ3) is 5.06. The number of amides is 1. The molecule has 0 unspecified atom stereocenters. The van der Waals surface area contributed by atoms with Gasteiger partial charge in [-0.05, 0) is 30.7 Å². The Bertz CT molecular complexity index is 1550. The lowest BCUT2D eigenvalue weighted by Gasteiger charge is -2.17. The number of benzene rings is 3. The smallest absolute Gasteiger partial charge is 0.325 e. The van der Waals surface area contributed by atoms with E-state index in [1.165, 1.54) is 10.8 Å². The van der Waals surface area contributed by atoms with Crippen LogP contribution in [0.5, 0.6) is 17.2 Å². The van der Waals surface area contributed by atoms with Crippen molar-refractivity contribution in [3.05, 3.63) is 96.4 Å². The van der Waals surface area contributed by atoms with Crippen LogP contribution in [0.2, 0.25) is 0 Å². The van der Waals surface area contributed by atoms with Crippen LogP contribution in [0.1, 0.15) is 23.0 Å². The van der Waals surface area contributed by atoms with Gasteiger partial charge in [0.05, 0.1) is 12.0 Å². The van der Waals surface area contributed by atoms with Crippen LogP contribution >= 0.6 is 0 Å². The molecule has 0 atom stereocenters. The van der Waals surface area contributed by atoms with E-state index in [9.17, 15) is 9.59 Å². The van der Waals surface area contributed by atoms with E-state index in [4.69, 9.17) is 14.2 Å². The third-order valence-corrected chi connectivity index (χ3v) is 5.58. The molecular formula is C28H24N4O5. The number of nitrogens with one attached hydrogen (secondary N) is 1. The van der Waals surface area contributed by atoms with E-state index < -0.39 is 11.9 Å². The minimum atomic E-state index is -0.553. The van der Waals surface area contributed by atoms with Gasteiger partial charge in [-0.25, -0.2) is 9.50 Å². The van der Waals surface area contributed by atoms with E-state index in [0.29, 0.717) is 27.9 Å². The molecule has 0 spiro atoms. The predicted molar refractivity (Wildman–Crippen MR) is 137 cm³/mol. The second-order valence-corrected chi connectivity index (χ2v) is 8.03. The Hall–Kier alpha value is -4.92. The molecule has 9 nitrogen and oxygen atoms in total. The molecule has 0 radical (unpaired) electrons. The summed E-state index contributed by atoms with van der Waals surface area (Å²) in [6.45, 7) is 1.83. The highest BCUT2D eigenvalue weighted by Crippen LogP contribution is 2.39. The van der Waals surface area contributed by atoms with Crippen molar-refractivity contribution in [2.45, 2.75) is 13.5 Å². The SMILES string of the molecule is CCOC(=O)CNC(=O)c1c(OCc2ccccc2)c2cccc(Oc3ccccc3)c2c2ncnn12. The quantitative estimate of drug-likeness (QED) is 0.299. The van der Waals surface area contributed by atoms with E-state index in [2.05, 4.69) is 15.4 Å². The minimum Gasteiger partial charge on any atom is -0.486 e. The monoisotopic (exact) mass is 496 g/mol. The fraction of sp³-hybridized carbons (Fsp3) is 0.143. The molecule has 0 aliphatic rings. The second-order valence-electron chi connectivity index (χ2n) is 8.03. The summed E-state index contributed by atoms with van der Waals surface area (Å²) in [6, 6.07) is 24.5. The van der Waals surface area contributed by atoms with Crippen molar-refractivity contribution in [2.75, 3.05) is 13.2 Å². The van der Waals surface area contributed by atoms with E-state index in [-0.39, 0.29) is 31.2 Å². The predicted octanol–water partition coefficient (Wildman–Crippen LogP) is 4.55. The summed E-state index contributed by atoms with van der Waals surface area (Å²) in [5, 5.41) is 8.17. The summed E-state index contributed by atoms with van der Waals surface area (Å²) in [6.07, 6.45) is 1.36. The highest BCUT2D eigenvalue weighted by molar-refractivity contribution is 6.09. The highest BCUT2D eigenvalue weighted by Gasteiger charge is 2.25. The molecule has 1 N–H and O–H groups in total. The molecule has 0 saturated heterocycles. The average molecular weight is 497 g/mol. The first-order chi connectivity index (χ1) is 18.2. The van der Waals surface area contributed by atoms with Gasteiger partial charge in [0.25, 0.3) is 5.91 Å². The lowest BCUT2D eigenvalue weighted by atomic mass is 10.1. The lowest BCUT2D eigenvalue weighted by molar-refractivity contribution is -0.141. The van der Waals surface area contributed by atoms with Gasteiger partial charge in [-0.3, -0.25) is 9.59 Å². The largest absolute Gasteiger partial charge is 0.486 e. The van der Waals surface area contributed by atoms with Crippen LogP contribution in [0.15, 0.2) is 85.2 Å². The summed E-state index contributed by atoms with van der Waals surface area (Å²) in [5.74, 6) is 0.372. The van der Waals surface area contributed by atoms with Crippen LogP contribution in [-0.2, 0) is 16.1 Å². The summed E-state index contributed by atoms with van der Waals surface area (Å²) in [5.41, 5.74) is 1.44. The number of hydrogen-bond donors (Lipinski definition) is 1.